The average molecular weight is 383 g/mol. The van der Waals surface area contributed by atoms with Crippen molar-refractivity contribution in [1.82, 2.24) is 9.80 Å². The first-order chi connectivity index (χ1) is 11.0. The molecule has 5 heteroatoms. The number of halogens is 1. The molecule has 1 fully saturated rings. The van der Waals surface area contributed by atoms with Crippen molar-refractivity contribution in [1.29, 1.82) is 0 Å². The summed E-state index contributed by atoms with van der Waals surface area (Å²) in [6, 6.07) is 8.93. The number of likely N-dealkylation sites (tertiary alicyclic amines) is 1. The predicted octanol–water partition coefficient (Wildman–Crippen LogP) is 3.42. The van der Waals surface area contributed by atoms with Crippen LogP contribution in [0.5, 0.6) is 0 Å². The van der Waals surface area contributed by atoms with Crippen molar-refractivity contribution >= 4 is 21.9 Å². The fraction of sp³-hybridized carbons (Fsp3) is 0.611. The lowest BCUT2D eigenvalue weighted by Crippen LogP contribution is -2.37. The summed E-state index contributed by atoms with van der Waals surface area (Å²) >= 11 is 3.54. The molecular formula is C18H27BrN2O2. The van der Waals surface area contributed by atoms with E-state index in [1.165, 1.54) is 5.56 Å². The second-order valence-electron chi connectivity index (χ2n) is 6.65. The normalized spacial score (nSPS) is 21.1. The number of likely N-dealkylation sites (N-methyl/N-ethyl adjacent to an activating group) is 1. The monoisotopic (exact) mass is 382 g/mol. The number of hydrogen-bond acceptors (Lipinski definition) is 3. The van der Waals surface area contributed by atoms with Gasteiger partial charge in [0, 0.05) is 17.1 Å². The van der Waals surface area contributed by atoms with Crippen LogP contribution in [0.25, 0.3) is 0 Å². The zero-order valence-electron chi connectivity index (χ0n) is 14.0. The molecule has 1 heterocycles. The Balaban J connectivity index is 1.87. The molecule has 0 radical (unpaired) electrons. The van der Waals surface area contributed by atoms with E-state index in [-0.39, 0.29) is 6.54 Å². The number of rotatable bonds is 6. The molecule has 0 aromatic heterocycles. The maximum absolute atomic E-state index is 10.9. The van der Waals surface area contributed by atoms with Crippen LogP contribution in [-0.2, 0) is 4.79 Å². The minimum Gasteiger partial charge on any atom is -0.480 e. The summed E-state index contributed by atoms with van der Waals surface area (Å²) in [7, 11) is 1.93. The minimum atomic E-state index is -0.739. The Bertz CT molecular complexity index is 523. The highest BCUT2D eigenvalue weighted by Crippen LogP contribution is 2.23. The Morgan fingerprint density at radius 1 is 1.43 bits per heavy atom. The lowest BCUT2D eigenvalue weighted by Gasteiger charge is -2.26. The van der Waals surface area contributed by atoms with E-state index >= 15 is 0 Å². The third-order valence-electron chi connectivity index (χ3n) is 4.75. The van der Waals surface area contributed by atoms with Crippen molar-refractivity contribution in [2.45, 2.75) is 38.1 Å². The Kier molecular flexibility index (Phi) is 7.06. The summed E-state index contributed by atoms with van der Waals surface area (Å²) in [6.07, 6.45) is 3.28. The van der Waals surface area contributed by atoms with Crippen LogP contribution >= 0.6 is 15.9 Å². The molecule has 0 saturated carbocycles. The first-order valence-corrected chi connectivity index (χ1v) is 9.15. The average Bonchev–Trinajstić information content (AvgIpc) is 2.72. The van der Waals surface area contributed by atoms with E-state index in [1.807, 2.05) is 11.9 Å². The van der Waals surface area contributed by atoms with Gasteiger partial charge in [0.15, 0.2) is 0 Å². The van der Waals surface area contributed by atoms with Gasteiger partial charge in [0.25, 0.3) is 0 Å². The van der Waals surface area contributed by atoms with Gasteiger partial charge in [-0.2, -0.15) is 0 Å². The second kappa shape index (κ2) is 8.81. The summed E-state index contributed by atoms with van der Waals surface area (Å²) in [6.45, 7) is 5.63. The van der Waals surface area contributed by atoms with Crippen LogP contribution in [0, 0.1) is 0 Å². The Hall–Kier alpha value is -0.910. The zero-order chi connectivity index (χ0) is 16.8. The second-order valence-corrected chi connectivity index (χ2v) is 7.57. The van der Waals surface area contributed by atoms with Crippen LogP contribution in [-0.4, -0.2) is 60.1 Å². The molecule has 1 saturated heterocycles. The molecule has 2 unspecified atom stereocenters. The summed E-state index contributed by atoms with van der Waals surface area (Å²) in [4.78, 5) is 15.4. The molecule has 4 nitrogen and oxygen atoms in total. The molecule has 2 atom stereocenters. The number of carbonyl (C=O) groups is 1. The van der Waals surface area contributed by atoms with Gasteiger partial charge in [-0.3, -0.25) is 9.69 Å². The van der Waals surface area contributed by atoms with Crippen molar-refractivity contribution in [3.8, 4) is 0 Å². The van der Waals surface area contributed by atoms with Crippen LogP contribution in [0.3, 0.4) is 0 Å². The number of benzene rings is 1. The van der Waals surface area contributed by atoms with Crippen molar-refractivity contribution in [2.75, 3.05) is 33.2 Å². The third-order valence-corrected chi connectivity index (χ3v) is 5.24. The Morgan fingerprint density at radius 2 is 2.22 bits per heavy atom. The van der Waals surface area contributed by atoms with E-state index in [4.69, 9.17) is 5.11 Å². The third kappa shape index (κ3) is 5.90. The molecule has 0 spiro atoms. The highest BCUT2D eigenvalue weighted by molar-refractivity contribution is 9.10. The van der Waals surface area contributed by atoms with Gasteiger partial charge >= 0.3 is 5.97 Å². The van der Waals surface area contributed by atoms with Gasteiger partial charge in [-0.25, -0.2) is 0 Å². The van der Waals surface area contributed by atoms with Crippen LogP contribution in [0.1, 0.15) is 37.7 Å². The highest BCUT2D eigenvalue weighted by Gasteiger charge is 2.22. The first-order valence-electron chi connectivity index (χ1n) is 8.35. The van der Waals surface area contributed by atoms with Gasteiger partial charge in [-0.05, 0) is 63.0 Å². The number of carboxylic acids is 1. The molecule has 1 N–H and O–H groups in total. The van der Waals surface area contributed by atoms with Gasteiger partial charge in [0.2, 0.25) is 0 Å². The number of nitrogens with zero attached hydrogens (tertiary/aromatic N) is 2. The maximum atomic E-state index is 10.9. The summed E-state index contributed by atoms with van der Waals surface area (Å²) in [5.41, 5.74) is 1.36. The van der Waals surface area contributed by atoms with Crippen LogP contribution < -0.4 is 0 Å². The molecule has 2 rings (SSSR count). The molecule has 23 heavy (non-hydrogen) atoms. The van der Waals surface area contributed by atoms with E-state index in [1.54, 1.807) is 0 Å². The van der Waals surface area contributed by atoms with E-state index in [2.05, 4.69) is 52.0 Å². The largest absolute Gasteiger partial charge is 0.480 e. The van der Waals surface area contributed by atoms with E-state index in [9.17, 15) is 4.79 Å². The van der Waals surface area contributed by atoms with Crippen LogP contribution in [0.4, 0.5) is 0 Å². The molecule has 0 aliphatic carbocycles. The van der Waals surface area contributed by atoms with Crippen molar-refractivity contribution in [3.05, 3.63) is 34.3 Å². The molecule has 1 aliphatic rings. The molecular weight excluding hydrogens is 356 g/mol. The van der Waals surface area contributed by atoms with Crippen molar-refractivity contribution in [2.24, 2.45) is 0 Å². The van der Waals surface area contributed by atoms with Crippen LogP contribution in [0.15, 0.2) is 28.7 Å². The molecule has 0 amide bonds. The van der Waals surface area contributed by atoms with Crippen molar-refractivity contribution < 1.29 is 9.90 Å². The summed E-state index contributed by atoms with van der Waals surface area (Å²) in [5.74, 6) is -0.238. The van der Waals surface area contributed by atoms with Gasteiger partial charge < -0.3 is 10.0 Å². The first kappa shape index (κ1) is 18.4. The maximum Gasteiger partial charge on any atom is 0.317 e. The SMILES string of the molecule is CC(CN1CCCC(N(C)CC(=O)O)CC1)c1cccc(Br)c1. The van der Waals surface area contributed by atoms with E-state index < -0.39 is 5.97 Å². The van der Waals surface area contributed by atoms with Gasteiger partial charge in [0.05, 0.1) is 6.54 Å². The fourth-order valence-corrected chi connectivity index (χ4v) is 3.83. The number of aliphatic carboxylic acids is 1. The Morgan fingerprint density at radius 3 is 2.91 bits per heavy atom. The lowest BCUT2D eigenvalue weighted by molar-refractivity contribution is -0.138. The molecule has 0 bridgehead atoms. The minimum absolute atomic E-state index is 0.138. The smallest absolute Gasteiger partial charge is 0.317 e. The standard InChI is InChI=1S/C18H27BrN2O2/c1-14(15-5-3-6-16(19)11-15)12-21-9-4-7-17(8-10-21)20(2)13-18(22)23/h3,5-6,11,14,17H,4,7-10,12-13H2,1-2H3,(H,22,23). The summed E-state index contributed by atoms with van der Waals surface area (Å²) in [5, 5.41) is 8.95. The highest BCUT2D eigenvalue weighted by atomic mass is 79.9. The van der Waals surface area contributed by atoms with Crippen molar-refractivity contribution in [3.63, 3.8) is 0 Å². The van der Waals surface area contributed by atoms with Crippen LogP contribution in [0.2, 0.25) is 0 Å². The molecule has 1 aromatic rings. The van der Waals surface area contributed by atoms with Gasteiger partial charge in [0.1, 0.15) is 0 Å². The summed E-state index contributed by atoms with van der Waals surface area (Å²) < 4.78 is 1.13. The van der Waals surface area contributed by atoms with E-state index in [0.717, 1.165) is 43.4 Å². The topological polar surface area (TPSA) is 43.8 Å². The van der Waals surface area contributed by atoms with Gasteiger partial charge in [-0.1, -0.05) is 35.0 Å². The molecule has 1 aliphatic heterocycles. The molecule has 128 valence electrons. The quantitative estimate of drug-likeness (QED) is 0.818. The van der Waals surface area contributed by atoms with E-state index in [0.29, 0.717) is 12.0 Å². The molecule has 1 aromatic carbocycles. The lowest BCUT2D eigenvalue weighted by atomic mass is 10.0. The number of carboxylic acid groups (broad SMARTS) is 1. The Labute approximate surface area is 147 Å². The fourth-order valence-electron chi connectivity index (χ4n) is 3.41. The number of hydrogen-bond donors (Lipinski definition) is 1. The predicted molar refractivity (Wildman–Crippen MR) is 96.9 cm³/mol. The van der Waals surface area contributed by atoms with Gasteiger partial charge in [-0.15, -0.1) is 0 Å². The zero-order valence-corrected chi connectivity index (χ0v) is 15.6.